The van der Waals surface area contributed by atoms with Crippen LogP contribution in [-0.4, -0.2) is 86.7 Å². The number of hydrogen-bond donors (Lipinski definition) is 7. The Balaban J connectivity index is 1.66. The number of hydrazine groups is 1. The molecule has 6 atom stereocenters. The van der Waals surface area contributed by atoms with Crippen LogP contribution >= 0.6 is 0 Å². The number of hydrogen-bond acceptors (Lipinski definition) is 13. The van der Waals surface area contributed by atoms with E-state index in [4.69, 9.17) is 14.2 Å². The molecule has 7 N–H and O–H groups in total. The van der Waals surface area contributed by atoms with E-state index in [9.17, 15) is 39.9 Å². The summed E-state index contributed by atoms with van der Waals surface area (Å²) < 4.78 is 20.0. The quantitative estimate of drug-likeness (QED) is 0.122. The van der Waals surface area contributed by atoms with Gasteiger partial charge in [0.05, 0.1) is 7.11 Å². The van der Waals surface area contributed by atoms with Crippen LogP contribution in [0.25, 0.3) is 0 Å². The number of fused-ring (bicyclic) bond motifs is 3. The van der Waals surface area contributed by atoms with E-state index in [0.29, 0.717) is 0 Å². The Morgan fingerprint density at radius 3 is 2.54 bits per heavy atom. The van der Waals surface area contributed by atoms with Gasteiger partial charge in [-0.25, -0.2) is 0 Å². The third kappa shape index (κ3) is 4.79. The second-order valence-electron chi connectivity index (χ2n) is 10.3. The van der Waals surface area contributed by atoms with Gasteiger partial charge < -0.3 is 4.74 Å². The van der Waals surface area contributed by atoms with Crippen molar-refractivity contribution >= 4 is 17.3 Å². The first-order chi connectivity index (χ1) is 19.5. The van der Waals surface area contributed by atoms with E-state index in [-0.39, 0.29) is 34.4 Å². The predicted molar refractivity (Wildman–Crippen MR) is 134 cm³/mol. The molecular weight excluding hydrogens is 721 g/mol. The SMILES string of the molecule is COc1cccc2c1C(=O)c1c(O)c3c(c(O)c1C2=O)C[C@@](O)(C(=O)CO)C[C@@H]3OC1CC(N[NH][Ir])C(O)C(C)O1. The number of ketones is 3. The zero-order valence-corrected chi connectivity index (χ0v) is 24.4. The summed E-state index contributed by atoms with van der Waals surface area (Å²) in [6.07, 6.45) is -4.89. The number of Topliss-reactive ketones (excluding diaryl/α,β-unsaturated/α-hetero) is 1. The van der Waals surface area contributed by atoms with Gasteiger partial charge in [0.2, 0.25) is 0 Å². The third-order valence-electron chi connectivity index (χ3n) is 7.99. The molecule has 1 saturated heterocycles. The number of phenols is 2. The van der Waals surface area contributed by atoms with Crippen molar-refractivity contribution in [2.75, 3.05) is 13.7 Å². The van der Waals surface area contributed by atoms with Gasteiger partial charge in [0, 0.05) is 5.56 Å². The molecule has 0 bridgehead atoms. The van der Waals surface area contributed by atoms with Crippen LogP contribution in [0.15, 0.2) is 18.2 Å². The number of ether oxygens (including phenoxy) is 3. The van der Waals surface area contributed by atoms with Crippen molar-refractivity contribution in [1.29, 1.82) is 0 Å². The molecule has 0 amide bonds. The number of benzene rings is 2. The molecule has 14 heteroatoms. The summed E-state index contributed by atoms with van der Waals surface area (Å²) in [6.45, 7) is 0.609. The molecule has 13 nitrogen and oxygen atoms in total. The molecule has 2 aromatic rings. The first-order valence-corrected chi connectivity index (χ1v) is 14.0. The fourth-order valence-corrected chi connectivity index (χ4v) is 6.36. The Labute approximate surface area is 244 Å². The molecule has 0 saturated carbocycles. The van der Waals surface area contributed by atoms with Gasteiger partial charge in [-0.1, -0.05) is 12.1 Å². The number of phenolic OH excluding ortho intramolecular Hbond substituents is 2. The molecule has 1 fully saturated rings. The van der Waals surface area contributed by atoms with Crippen molar-refractivity contribution in [1.82, 2.24) is 9.52 Å². The number of aromatic hydroxyl groups is 2. The molecule has 0 spiro atoms. The molecule has 0 aromatic heterocycles. The summed E-state index contributed by atoms with van der Waals surface area (Å²) in [4.78, 5) is 40.0. The van der Waals surface area contributed by atoms with Crippen LogP contribution in [0, 0.1) is 0 Å². The van der Waals surface area contributed by atoms with Crippen LogP contribution in [0.1, 0.15) is 68.8 Å². The molecule has 2 aliphatic carbocycles. The Hall–Kier alpha value is -2.78. The van der Waals surface area contributed by atoms with E-state index < -0.39 is 95.7 Å². The van der Waals surface area contributed by atoms with Crippen LogP contribution in [-0.2, 0) is 39.8 Å². The van der Waals surface area contributed by atoms with Gasteiger partial charge in [-0.2, -0.15) is 0 Å². The van der Waals surface area contributed by atoms with Gasteiger partial charge >= 0.3 is 199 Å². The van der Waals surface area contributed by atoms with E-state index >= 15 is 0 Å². The van der Waals surface area contributed by atoms with Crippen molar-refractivity contribution in [3.05, 3.63) is 51.6 Å². The number of nitrogens with one attached hydrogen (secondary N) is 2. The first kappa shape index (κ1) is 29.7. The molecule has 41 heavy (non-hydrogen) atoms. The molecule has 1 heterocycles. The van der Waals surface area contributed by atoms with Crippen LogP contribution in [0.2, 0.25) is 0 Å². The zero-order valence-electron chi connectivity index (χ0n) is 22.0. The molecule has 5 rings (SSSR count). The Morgan fingerprint density at radius 2 is 1.88 bits per heavy atom. The topological polar surface area (TPSA) is 204 Å². The summed E-state index contributed by atoms with van der Waals surface area (Å²) in [5, 5.41) is 54.3. The van der Waals surface area contributed by atoms with E-state index in [1.54, 1.807) is 26.1 Å². The van der Waals surface area contributed by atoms with E-state index in [1.165, 1.54) is 25.3 Å². The second-order valence-corrected chi connectivity index (χ2v) is 10.9. The van der Waals surface area contributed by atoms with Gasteiger partial charge in [-0.3, -0.25) is 4.79 Å². The summed E-state index contributed by atoms with van der Waals surface area (Å²) in [6, 6.07) is 3.86. The normalized spacial score (nSPS) is 29.0. The summed E-state index contributed by atoms with van der Waals surface area (Å²) in [5.41, 5.74) is -0.677. The van der Waals surface area contributed by atoms with Gasteiger partial charge in [0.25, 0.3) is 0 Å². The number of methoxy groups -OCH3 is 1. The molecule has 0 radical (unpaired) electrons. The molecule has 2 aromatic carbocycles. The number of carbonyl (C=O) groups is 3. The fourth-order valence-electron chi connectivity index (χ4n) is 5.92. The maximum absolute atomic E-state index is 13.7. The zero-order chi connectivity index (χ0) is 29.8. The van der Waals surface area contributed by atoms with E-state index in [0.717, 1.165) is 0 Å². The van der Waals surface area contributed by atoms with Crippen LogP contribution in [0.4, 0.5) is 0 Å². The second kappa shape index (κ2) is 11.1. The van der Waals surface area contributed by atoms with Crippen molar-refractivity contribution < 1.29 is 73.3 Å². The van der Waals surface area contributed by atoms with Gasteiger partial charge in [-0.05, 0) is 6.07 Å². The van der Waals surface area contributed by atoms with Gasteiger partial charge in [0.1, 0.15) is 5.75 Å². The Bertz CT molecular complexity index is 1430. The van der Waals surface area contributed by atoms with Gasteiger partial charge in [0.15, 0.2) is 0 Å². The summed E-state index contributed by atoms with van der Waals surface area (Å²) in [5.74, 6) is -3.74. The van der Waals surface area contributed by atoms with E-state index in [2.05, 4.69) is 9.52 Å². The summed E-state index contributed by atoms with van der Waals surface area (Å²) in [7, 11) is 1.33. The molecule has 222 valence electrons. The third-order valence-corrected chi connectivity index (χ3v) is 8.34. The standard InChI is InChI=1S/C27H30N2O11.Ir/c1-10-22(32)13(29-28)6-17(39-10)40-15-8-27(37,16(31)9-30)7-12-19(15)26(36)21-20(24(12)34)23(33)11-4-3-5-14(38-2)18(11)25(21)35;/h3-5,10,13,15,17,22,30,32,37H,6-9H2,1-2H3,(H5,28,29,33,34,35,36);/q;+1/p-1/t10?,13?,15-,17?,22?,27-;/m0./s1. The van der Waals surface area contributed by atoms with Crippen molar-refractivity contribution in [3.8, 4) is 17.2 Å². The molecule has 4 unspecified atom stereocenters. The number of aliphatic hydroxyl groups excluding tert-OH is 2. The van der Waals surface area contributed by atoms with Gasteiger partial charge in [-0.15, -0.1) is 0 Å². The molecular formula is C27H29IrN2O11. The first-order valence-electron chi connectivity index (χ1n) is 12.8. The fraction of sp³-hybridized carbons (Fsp3) is 0.444. The average Bonchev–Trinajstić information content (AvgIpc) is 2.95. The monoisotopic (exact) mass is 750 g/mol. The number of carbonyl (C=O) groups excluding carboxylic acids is 3. The Morgan fingerprint density at radius 1 is 1.17 bits per heavy atom. The van der Waals surface area contributed by atoms with Crippen molar-refractivity contribution in [3.63, 3.8) is 0 Å². The molecule has 3 aliphatic rings. The molecule has 1 aliphatic heterocycles. The summed E-state index contributed by atoms with van der Waals surface area (Å²) >= 11 is 1.62. The number of aliphatic hydroxyl groups is 3. The average molecular weight is 750 g/mol. The van der Waals surface area contributed by atoms with Crippen LogP contribution in [0.3, 0.4) is 0 Å². The van der Waals surface area contributed by atoms with Crippen molar-refractivity contribution in [2.45, 2.75) is 62.4 Å². The van der Waals surface area contributed by atoms with E-state index in [1.807, 2.05) is 0 Å². The van der Waals surface area contributed by atoms with Crippen LogP contribution in [0.5, 0.6) is 17.2 Å². The predicted octanol–water partition coefficient (Wildman–Crippen LogP) is -0.401. The maximum atomic E-state index is 13.7. The Kier molecular flexibility index (Phi) is 8.07. The number of rotatable bonds is 7. The minimum atomic E-state index is -2.24. The van der Waals surface area contributed by atoms with Crippen LogP contribution < -0.4 is 14.3 Å². The van der Waals surface area contributed by atoms with Crippen molar-refractivity contribution in [2.24, 2.45) is 0 Å². The minimum absolute atomic E-state index is 0.0481.